The van der Waals surface area contributed by atoms with Gasteiger partial charge < -0.3 is 10.4 Å². The normalized spacial score (nSPS) is 28.7. The average molecular weight is 197 g/mol. The lowest BCUT2D eigenvalue weighted by molar-refractivity contribution is 0.126. The minimum atomic E-state index is -0.0551. The predicted molar refractivity (Wildman–Crippen MR) is 56.2 cm³/mol. The number of anilines is 1. The zero-order valence-electron chi connectivity index (χ0n) is 7.57. The first kappa shape index (κ1) is 9.03. The van der Waals surface area contributed by atoms with E-state index in [1.54, 1.807) is 11.3 Å². The van der Waals surface area contributed by atoms with Crippen LogP contribution < -0.4 is 5.32 Å². The minimum Gasteiger partial charge on any atom is -0.393 e. The van der Waals surface area contributed by atoms with Crippen LogP contribution in [0.25, 0.3) is 0 Å². The molecule has 1 aromatic heterocycles. The molecule has 0 unspecified atom stereocenters. The third kappa shape index (κ3) is 2.45. The van der Waals surface area contributed by atoms with Crippen LogP contribution in [0.3, 0.4) is 0 Å². The molecule has 1 fully saturated rings. The van der Waals surface area contributed by atoms with E-state index in [9.17, 15) is 5.11 Å². The van der Waals surface area contributed by atoms with Crippen LogP contribution in [-0.2, 0) is 0 Å². The zero-order chi connectivity index (χ0) is 9.10. The molecule has 13 heavy (non-hydrogen) atoms. The highest BCUT2D eigenvalue weighted by Gasteiger charge is 2.18. The molecule has 0 amide bonds. The summed E-state index contributed by atoms with van der Waals surface area (Å²) < 4.78 is 0. The summed E-state index contributed by atoms with van der Waals surface area (Å²) in [6.07, 6.45) is 4.03. The number of thiophene rings is 1. The smallest absolute Gasteiger partial charge is 0.0541 e. The molecule has 2 N–H and O–H groups in total. The van der Waals surface area contributed by atoms with E-state index in [0.29, 0.717) is 6.04 Å². The Morgan fingerprint density at radius 1 is 1.31 bits per heavy atom. The lowest BCUT2D eigenvalue weighted by atomic mass is 9.93. The Morgan fingerprint density at radius 2 is 2.08 bits per heavy atom. The van der Waals surface area contributed by atoms with Crippen molar-refractivity contribution in [3.05, 3.63) is 16.8 Å². The van der Waals surface area contributed by atoms with Gasteiger partial charge in [0.05, 0.1) is 6.10 Å². The van der Waals surface area contributed by atoms with E-state index in [1.165, 1.54) is 5.69 Å². The van der Waals surface area contributed by atoms with Gasteiger partial charge in [0.25, 0.3) is 0 Å². The SMILES string of the molecule is OC1CCC(Nc2ccsc2)CC1. The molecule has 1 aromatic rings. The summed E-state index contributed by atoms with van der Waals surface area (Å²) in [7, 11) is 0. The Bertz CT molecular complexity index is 239. The molecule has 0 saturated heterocycles. The van der Waals surface area contributed by atoms with Gasteiger partial charge in [-0.15, -0.1) is 0 Å². The summed E-state index contributed by atoms with van der Waals surface area (Å²) in [5, 5.41) is 17.0. The molecule has 0 atom stereocenters. The number of hydrogen-bond donors (Lipinski definition) is 2. The third-order valence-corrected chi connectivity index (χ3v) is 3.27. The molecule has 1 saturated carbocycles. The number of aliphatic hydroxyl groups excluding tert-OH is 1. The van der Waals surface area contributed by atoms with Crippen LogP contribution >= 0.6 is 11.3 Å². The molecule has 0 radical (unpaired) electrons. The molecule has 0 spiro atoms. The molecule has 1 aliphatic rings. The van der Waals surface area contributed by atoms with Crippen molar-refractivity contribution < 1.29 is 5.11 Å². The fourth-order valence-corrected chi connectivity index (χ4v) is 2.40. The minimum absolute atomic E-state index is 0.0551. The van der Waals surface area contributed by atoms with Crippen LogP contribution in [0.15, 0.2) is 16.8 Å². The Kier molecular flexibility index (Phi) is 2.86. The van der Waals surface area contributed by atoms with Crippen molar-refractivity contribution in [3.8, 4) is 0 Å². The van der Waals surface area contributed by atoms with Gasteiger partial charge in [0, 0.05) is 17.1 Å². The summed E-state index contributed by atoms with van der Waals surface area (Å²) in [6.45, 7) is 0. The number of hydrogen-bond acceptors (Lipinski definition) is 3. The summed E-state index contributed by atoms with van der Waals surface area (Å²) in [4.78, 5) is 0. The molecule has 3 heteroatoms. The Hall–Kier alpha value is -0.540. The number of aliphatic hydroxyl groups is 1. The highest BCUT2D eigenvalue weighted by Crippen LogP contribution is 2.22. The summed E-state index contributed by atoms with van der Waals surface area (Å²) in [6, 6.07) is 2.67. The summed E-state index contributed by atoms with van der Waals surface area (Å²) in [5.74, 6) is 0. The Balaban J connectivity index is 1.83. The lowest BCUT2D eigenvalue weighted by Crippen LogP contribution is -2.27. The zero-order valence-corrected chi connectivity index (χ0v) is 8.39. The van der Waals surface area contributed by atoms with E-state index >= 15 is 0 Å². The molecule has 0 aliphatic heterocycles. The van der Waals surface area contributed by atoms with E-state index in [2.05, 4.69) is 22.1 Å². The fourth-order valence-electron chi connectivity index (χ4n) is 1.80. The second kappa shape index (κ2) is 4.11. The van der Waals surface area contributed by atoms with Crippen molar-refractivity contribution in [3.63, 3.8) is 0 Å². The van der Waals surface area contributed by atoms with Gasteiger partial charge in [-0.1, -0.05) is 0 Å². The van der Waals surface area contributed by atoms with E-state index in [1.807, 2.05) is 0 Å². The summed E-state index contributed by atoms with van der Waals surface area (Å²) >= 11 is 1.72. The van der Waals surface area contributed by atoms with Gasteiger partial charge in [-0.3, -0.25) is 0 Å². The second-order valence-corrected chi connectivity index (χ2v) is 4.44. The van der Waals surface area contributed by atoms with Gasteiger partial charge in [0.2, 0.25) is 0 Å². The molecule has 1 heterocycles. The largest absolute Gasteiger partial charge is 0.393 e. The molecule has 1 aliphatic carbocycles. The van der Waals surface area contributed by atoms with Gasteiger partial charge in [-0.25, -0.2) is 0 Å². The monoisotopic (exact) mass is 197 g/mol. The second-order valence-electron chi connectivity index (χ2n) is 3.66. The van der Waals surface area contributed by atoms with Crippen molar-refractivity contribution >= 4 is 17.0 Å². The van der Waals surface area contributed by atoms with Gasteiger partial charge in [-0.05, 0) is 37.1 Å². The molecule has 2 nitrogen and oxygen atoms in total. The van der Waals surface area contributed by atoms with Crippen LogP contribution in [0.5, 0.6) is 0 Å². The Morgan fingerprint density at radius 3 is 2.69 bits per heavy atom. The average Bonchev–Trinajstić information content (AvgIpc) is 2.62. The Labute approximate surface area is 82.6 Å². The van der Waals surface area contributed by atoms with E-state index in [-0.39, 0.29) is 6.10 Å². The van der Waals surface area contributed by atoms with Crippen molar-refractivity contribution in [2.24, 2.45) is 0 Å². The first-order valence-electron chi connectivity index (χ1n) is 4.81. The first-order chi connectivity index (χ1) is 6.34. The summed E-state index contributed by atoms with van der Waals surface area (Å²) in [5.41, 5.74) is 1.23. The topological polar surface area (TPSA) is 32.3 Å². The van der Waals surface area contributed by atoms with Crippen molar-refractivity contribution in [2.75, 3.05) is 5.32 Å². The van der Waals surface area contributed by atoms with Crippen molar-refractivity contribution in [2.45, 2.75) is 37.8 Å². The molecule has 0 bridgehead atoms. The highest BCUT2D eigenvalue weighted by atomic mass is 32.1. The van der Waals surface area contributed by atoms with Gasteiger partial charge in [0.1, 0.15) is 0 Å². The van der Waals surface area contributed by atoms with E-state index < -0.39 is 0 Å². The first-order valence-corrected chi connectivity index (χ1v) is 5.75. The molecule has 2 rings (SSSR count). The van der Waals surface area contributed by atoms with Crippen LogP contribution in [0.2, 0.25) is 0 Å². The standard InChI is InChI=1S/C10H15NOS/c12-10-3-1-8(2-4-10)11-9-5-6-13-7-9/h5-8,10-12H,1-4H2. The van der Waals surface area contributed by atoms with Crippen LogP contribution in [0.4, 0.5) is 5.69 Å². The quantitative estimate of drug-likeness (QED) is 0.763. The maximum atomic E-state index is 9.33. The molecule has 72 valence electrons. The highest BCUT2D eigenvalue weighted by molar-refractivity contribution is 7.08. The number of nitrogens with one attached hydrogen (secondary N) is 1. The van der Waals surface area contributed by atoms with Gasteiger partial charge in [0.15, 0.2) is 0 Å². The maximum absolute atomic E-state index is 9.33. The molecular formula is C10H15NOS. The van der Waals surface area contributed by atoms with Crippen molar-refractivity contribution in [1.82, 2.24) is 0 Å². The van der Waals surface area contributed by atoms with Gasteiger partial charge in [-0.2, -0.15) is 11.3 Å². The van der Waals surface area contributed by atoms with Crippen molar-refractivity contribution in [1.29, 1.82) is 0 Å². The third-order valence-electron chi connectivity index (χ3n) is 2.59. The van der Waals surface area contributed by atoms with Crippen LogP contribution in [0.1, 0.15) is 25.7 Å². The van der Waals surface area contributed by atoms with E-state index in [4.69, 9.17) is 0 Å². The van der Waals surface area contributed by atoms with Gasteiger partial charge >= 0.3 is 0 Å². The molecule has 0 aromatic carbocycles. The van der Waals surface area contributed by atoms with Crippen LogP contribution in [-0.4, -0.2) is 17.3 Å². The van der Waals surface area contributed by atoms with E-state index in [0.717, 1.165) is 25.7 Å². The fraction of sp³-hybridized carbons (Fsp3) is 0.600. The predicted octanol–water partition coefficient (Wildman–Crippen LogP) is 2.46. The lowest BCUT2D eigenvalue weighted by Gasteiger charge is -2.26. The van der Waals surface area contributed by atoms with Crippen LogP contribution in [0, 0.1) is 0 Å². The maximum Gasteiger partial charge on any atom is 0.0541 e. The number of rotatable bonds is 2. The molecular weight excluding hydrogens is 182 g/mol.